The smallest absolute Gasteiger partial charge is 0.313 e. The van der Waals surface area contributed by atoms with Gasteiger partial charge in [0.25, 0.3) is 0 Å². The number of carbonyl (C=O) groups is 1. The molecule has 1 heterocycles. The lowest BCUT2D eigenvalue weighted by molar-refractivity contribution is -0.133. The van der Waals surface area contributed by atoms with Gasteiger partial charge in [0, 0.05) is 6.54 Å². The van der Waals surface area contributed by atoms with Crippen LogP contribution in [0.25, 0.3) is 0 Å². The van der Waals surface area contributed by atoms with E-state index < -0.39 is 5.97 Å². The number of rotatable bonds is 5. The molecule has 16 heavy (non-hydrogen) atoms. The number of tetrazole rings is 1. The summed E-state index contributed by atoms with van der Waals surface area (Å²) in [4.78, 5) is 10.5. The van der Waals surface area contributed by atoms with Crippen LogP contribution in [0.1, 0.15) is 25.7 Å². The highest BCUT2D eigenvalue weighted by Gasteiger charge is 2.18. The van der Waals surface area contributed by atoms with Crippen LogP contribution in [0, 0.1) is 5.92 Å². The van der Waals surface area contributed by atoms with Crippen molar-refractivity contribution in [2.75, 3.05) is 5.75 Å². The van der Waals surface area contributed by atoms with Crippen molar-refractivity contribution in [2.45, 2.75) is 37.4 Å². The highest BCUT2D eigenvalue weighted by Crippen LogP contribution is 2.27. The largest absolute Gasteiger partial charge is 0.481 e. The molecule has 0 unspecified atom stereocenters. The highest BCUT2D eigenvalue weighted by molar-refractivity contribution is 7.99. The molecule has 7 heteroatoms. The zero-order chi connectivity index (χ0) is 11.4. The molecule has 1 aliphatic carbocycles. The van der Waals surface area contributed by atoms with Crippen LogP contribution < -0.4 is 0 Å². The summed E-state index contributed by atoms with van der Waals surface area (Å²) >= 11 is 1.17. The first-order chi connectivity index (χ1) is 7.75. The first-order valence-corrected chi connectivity index (χ1v) is 6.35. The van der Waals surface area contributed by atoms with Crippen molar-refractivity contribution in [1.29, 1.82) is 0 Å². The summed E-state index contributed by atoms with van der Waals surface area (Å²) in [6.07, 6.45) is 5.01. The number of carboxylic acid groups (broad SMARTS) is 1. The molecule has 6 nitrogen and oxygen atoms in total. The predicted octanol–water partition coefficient (Wildman–Crippen LogP) is 1.04. The number of hydrogen-bond donors (Lipinski definition) is 1. The molecule has 1 aliphatic rings. The lowest BCUT2D eigenvalue weighted by Crippen LogP contribution is -2.11. The molecule has 0 aliphatic heterocycles. The first-order valence-electron chi connectivity index (χ1n) is 5.36. The van der Waals surface area contributed by atoms with E-state index in [2.05, 4.69) is 15.5 Å². The van der Waals surface area contributed by atoms with Crippen LogP contribution in [-0.4, -0.2) is 37.0 Å². The van der Waals surface area contributed by atoms with Gasteiger partial charge < -0.3 is 5.11 Å². The summed E-state index contributed by atoms with van der Waals surface area (Å²) in [6, 6.07) is 0. The molecule has 0 amide bonds. The Morgan fingerprint density at radius 2 is 2.25 bits per heavy atom. The Hall–Kier alpha value is -1.11. The van der Waals surface area contributed by atoms with Crippen molar-refractivity contribution >= 4 is 17.7 Å². The Kier molecular flexibility index (Phi) is 3.76. The second-order valence-corrected chi connectivity index (χ2v) is 4.92. The SMILES string of the molecule is O=C(O)CSc1nnnn1CC1CCCC1. The molecule has 0 saturated heterocycles. The average Bonchev–Trinajstić information content (AvgIpc) is 2.87. The third-order valence-electron chi connectivity index (χ3n) is 2.73. The third-order valence-corrected chi connectivity index (χ3v) is 3.67. The van der Waals surface area contributed by atoms with Crippen LogP contribution in [-0.2, 0) is 11.3 Å². The van der Waals surface area contributed by atoms with E-state index in [1.807, 2.05) is 0 Å². The van der Waals surface area contributed by atoms with Crippen LogP contribution in [0.3, 0.4) is 0 Å². The van der Waals surface area contributed by atoms with Crippen LogP contribution in [0.4, 0.5) is 0 Å². The second kappa shape index (κ2) is 5.29. The normalized spacial score (nSPS) is 16.8. The van der Waals surface area contributed by atoms with E-state index in [1.165, 1.54) is 37.4 Å². The Balaban J connectivity index is 1.92. The maximum Gasteiger partial charge on any atom is 0.313 e. The van der Waals surface area contributed by atoms with Gasteiger partial charge in [-0.1, -0.05) is 24.6 Å². The minimum atomic E-state index is -0.847. The van der Waals surface area contributed by atoms with Gasteiger partial charge in [-0.05, 0) is 29.2 Å². The molecular formula is C9H14N4O2S. The van der Waals surface area contributed by atoms with Crippen LogP contribution in [0.5, 0.6) is 0 Å². The molecule has 0 radical (unpaired) electrons. The van der Waals surface area contributed by atoms with Gasteiger partial charge in [-0.15, -0.1) is 5.10 Å². The number of aliphatic carboxylic acids is 1. The standard InChI is InChI=1S/C9H14N4O2S/c14-8(15)6-16-9-10-11-12-13(9)5-7-3-1-2-4-7/h7H,1-6H2,(H,14,15). The topological polar surface area (TPSA) is 80.9 Å². The fourth-order valence-corrected chi connectivity index (χ4v) is 2.59. The molecule has 1 aromatic rings. The van der Waals surface area contributed by atoms with Crippen LogP contribution >= 0.6 is 11.8 Å². The minimum Gasteiger partial charge on any atom is -0.481 e. The average molecular weight is 242 g/mol. The number of thioether (sulfide) groups is 1. The summed E-state index contributed by atoms with van der Waals surface area (Å²) in [6.45, 7) is 0.814. The summed E-state index contributed by atoms with van der Waals surface area (Å²) < 4.78 is 1.73. The Morgan fingerprint density at radius 1 is 1.50 bits per heavy atom. The molecule has 0 aromatic carbocycles. The number of nitrogens with zero attached hydrogens (tertiary/aromatic N) is 4. The van der Waals surface area contributed by atoms with E-state index in [0.29, 0.717) is 11.1 Å². The van der Waals surface area contributed by atoms with Gasteiger partial charge in [0.2, 0.25) is 5.16 Å². The Bertz CT molecular complexity index is 362. The zero-order valence-corrected chi connectivity index (χ0v) is 9.69. The lowest BCUT2D eigenvalue weighted by atomic mass is 10.1. The number of carboxylic acids is 1. The molecule has 1 N–H and O–H groups in total. The second-order valence-electron chi connectivity index (χ2n) is 3.98. The first kappa shape index (κ1) is 11.4. The van der Waals surface area contributed by atoms with E-state index in [4.69, 9.17) is 5.11 Å². The maximum absolute atomic E-state index is 10.5. The van der Waals surface area contributed by atoms with Gasteiger partial charge >= 0.3 is 5.97 Å². The molecule has 88 valence electrons. The molecule has 1 saturated carbocycles. The molecule has 0 bridgehead atoms. The van der Waals surface area contributed by atoms with E-state index in [9.17, 15) is 4.79 Å². The van der Waals surface area contributed by atoms with E-state index in [0.717, 1.165) is 6.54 Å². The van der Waals surface area contributed by atoms with E-state index in [-0.39, 0.29) is 5.75 Å². The van der Waals surface area contributed by atoms with Crippen molar-refractivity contribution < 1.29 is 9.90 Å². The monoisotopic (exact) mass is 242 g/mol. The molecular weight excluding hydrogens is 228 g/mol. The number of aromatic nitrogens is 4. The summed E-state index contributed by atoms with van der Waals surface area (Å²) in [7, 11) is 0. The molecule has 1 aromatic heterocycles. The van der Waals surface area contributed by atoms with E-state index >= 15 is 0 Å². The lowest BCUT2D eigenvalue weighted by Gasteiger charge is -2.08. The van der Waals surface area contributed by atoms with Gasteiger partial charge in [0.1, 0.15) is 0 Å². The zero-order valence-electron chi connectivity index (χ0n) is 8.87. The van der Waals surface area contributed by atoms with Crippen molar-refractivity contribution in [3.05, 3.63) is 0 Å². The fraction of sp³-hybridized carbons (Fsp3) is 0.778. The summed E-state index contributed by atoms with van der Waals surface area (Å²) in [5.41, 5.74) is 0. The quantitative estimate of drug-likeness (QED) is 0.777. The fourth-order valence-electron chi connectivity index (χ4n) is 1.98. The molecule has 1 fully saturated rings. The van der Waals surface area contributed by atoms with Gasteiger partial charge in [-0.25, -0.2) is 4.68 Å². The van der Waals surface area contributed by atoms with Gasteiger partial charge in [0.15, 0.2) is 0 Å². The summed E-state index contributed by atoms with van der Waals surface area (Å²) in [5, 5.41) is 20.5. The van der Waals surface area contributed by atoms with Crippen molar-refractivity contribution in [3.63, 3.8) is 0 Å². The highest BCUT2D eigenvalue weighted by atomic mass is 32.2. The van der Waals surface area contributed by atoms with Gasteiger partial charge in [0.05, 0.1) is 5.75 Å². The third kappa shape index (κ3) is 2.94. The summed E-state index contributed by atoms with van der Waals surface area (Å²) in [5.74, 6) is -0.196. The molecule has 0 atom stereocenters. The van der Waals surface area contributed by atoms with Crippen molar-refractivity contribution in [1.82, 2.24) is 20.2 Å². The van der Waals surface area contributed by atoms with Crippen molar-refractivity contribution in [3.8, 4) is 0 Å². The van der Waals surface area contributed by atoms with Gasteiger partial charge in [-0.2, -0.15) is 0 Å². The molecule has 0 spiro atoms. The minimum absolute atomic E-state index is 0.00500. The Labute approximate surface area is 97.4 Å². The predicted molar refractivity (Wildman–Crippen MR) is 58.1 cm³/mol. The van der Waals surface area contributed by atoms with Crippen LogP contribution in [0.15, 0.2) is 5.16 Å². The maximum atomic E-state index is 10.5. The van der Waals surface area contributed by atoms with Crippen LogP contribution in [0.2, 0.25) is 0 Å². The molecule has 2 rings (SSSR count). The Morgan fingerprint density at radius 3 is 2.94 bits per heavy atom. The van der Waals surface area contributed by atoms with Crippen molar-refractivity contribution in [2.24, 2.45) is 5.92 Å². The van der Waals surface area contributed by atoms with Gasteiger partial charge in [-0.3, -0.25) is 4.79 Å². The van der Waals surface area contributed by atoms with E-state index in [1.54, 1.807) is 4.68 Å². The number of hydrogen-bond acceptors (Lipinski definition) is 5.